The topological polar surface area (TPSA) is 113 Å². The summed E-state index contributed by atoms with van der Waals surface area (Å²) in [5.41, 5.74) is -0.517. The fourth-order valence-corrected chi connectivity index (χ4v) is 2.28. The molecule has 1 fully saturated rings. The summed E-state index contributed by atoms with van der Waals surface area (Å²) in [6.07, 6.45) is -4.79. The summed E-state index contributed by atoms with van der Waals surface area (Å²) >= 11 is 0. The van der Waals surface area contributed by atoms with Crippen molar-refractivity contribution in [2.45, 2.75) is 45.2 Å². The third-order valence-electron chi connectivity index (χ3n) is 2.56. The predicted octanol–water partition coefficient (Wildman–Crippen LogP) is -0.659. The molecule has 17 heavy (non-hydrogen) atoms. The molecule has 0 aromatic carbocycles. The van der Waals surface area contributed by atoms with Gasteiger partial charge >= 0.3 is 10.4 Å². The standard InChI is InChI=1S/C9H18O7S/c1-9(2,3)8-7(16-17(12,13)14)6(11)5(10)4-15-8/h5-8,10-11H,4H2,1-3H3,(H,12,13,14). The van der Waals surface area contributed by atoms with Crippen molar-refractivity contribution in [1.82, 2.24) is 0 Å². The highest BCUT2D eigenvalue weighted by Crippen LogP contribution is 2.32. The molecule has 0 saturated carbocycles. The Morgan fingerprint density at radius 1 is 1.29 bits per heavy atom. The van der Waals surface area contributed by atoms with Crippen LogP contribution in [-0.4, -0.2) is 54.2 Å². The van der Waals surface area contributed by atoms with Gasteiger partial charge in [0.05, 0.1) is 12.7 Å². The second kappa shape index (κ2) is 4.79. The van der Waals surface area contributed by atoms with Gasteiger partial charge in [0.15, 0.2) is 0 Å². The molecule has 0 aromatic rings. The van der Waals surface area contributed by atoms with E-state index in [-0.39, 0.29) is 6.61 Å². The van der Waals surface area contributed by atoms with E-state index in [4.69, 9.17) is 9.29 Å². The molecule has 0 radical (unpaired) electrons. The first kappa shape index (κ1) is 14.8. The number of ether oxygens (including phenoxy) is 1. The van der Waals surface area contributed by atoms with Crippen molar-refractivity contribution in [1.29, 1.82) is 0 Å². The van der Waals surface area contributed by atoms with Crippen LogP contribution in [0.1, 0.15) is 20.8 Å². The molecule has 3 N–H and O–H groups in total. The van der Waals surface area contributed by atoms with Gasteiger partial charge in [-0.25, -0.2) is 4.18 Å². The van der Waals surface area contributed by atoms with Crippen LogP contribution in [0.15, 0.2) is 0 Å². The maximum Gasteiger partial charge on any atom is 0.397 e. The number of hydrogen-bond donors (Lipinski definition) is 3. The predicted molar refractivity (Wildman–Crippen MR) is 57.6 cm³/mol. The van der Waals surface area contributed by atoms with Gasteiger partial charge in [0, 0.05) is 0 Å². The van der Waals surface area contributed by atoms with Crippen LogP contribution in [0.25, 0.3) is 0 Å². The van der Waals surface area contributed by atoms with E-state index in [1.807, 2.05) is 0 Å². The van der Waals surface area contributed by atoms with Crippen molar-refractivity contribution in [2.24, 2.45) is 5.41 Å². The molecule has 1 saturated heterocycles. The second-order valence-corrected chi connectivity index (χ2v) is 6.21. The minimum absolute atomic E-state index is 0.117. The Labute approximate surface area is 100 Å². The highest BCUT2D eigenvalue weighted by molar-refractivity contribution is 7.80. The highest BCUT2D eigenvalue weighted by Gasteiger charge is 2.46. The molecule has 1 heterocycles. The molecule has 8 heteroatoms. The summed E-state index contributed by atoms with van der Waals surface area (Å²) in [4.78, 5) is 0. The number of hydrogen-bond acceptors (Lipinski definition) is 6. The van der Waals surface area contributed by atoms with Gasteiger partial charge in [-0.2, -0.15) is 8.42 Å². The summed E-state index contributed by atoms with van der Waals surface area (Å²) in [5.74, 6) is 0. The molecular formula is C9H18O7S. The van der Waals surface area contributed by atoms with E-state index in [1.54, 1.807) is 20.8 Å². The number of rotatable bonds is 2. The quantitative estimate of drug-likeness (QED) is 0.571. The number of aliphatic hydroxyl groups excluding tert-OH is 2. The zero-order chi connectivity index (χ0) is 13.4. The Balaban J connectivity index is 2.96. The van der Waals surface area contributed by atoms with Crippen molar-refractivity contribution in [3.05, 3.63) is 0 Å². The Bertz CT molecular complexity index is 358. The Hall–Kier alpha value is -0.250. The lowest BCUT2D eigenvalue weighted by Crippen LogP contribution is -2.58. The van der Waals surface area contributed by atoms with Gasteiger partial charge in [-0.05, 0) is 5.41 Å². The lowest BCUT2D eigenvalue weighted by Gasteiger charge is -2.42. The molecule has 102 valence electrons. The van der Waals surface area contributed by atoms with Crippen LogP contribution in [0.3, 0.4) is 0 Å². The van der Waals surface area contributed by atoms with Gasteiger partial charge in [-0.3, -0.25) is 4.55 Å². The average molecular weight is 270 g/mol. The zero-order valence-electron chi connectivity index (χ0n) is 9.90. The normalized spacial score (nSPS) is 35.9. The molecule has 1 rings (SSSR count). The van der Waals surface area contributed by atoms with Gasteiger partial charge < -0.3 is 14.9 Å². The lowest BCUT2D eigenvalue weighted by atomic mass is 9.81. The smallest absolute Gasteiger partial charge is 0.388 e. The molecule has 0 bridgehead atoms. The molecule has 7 nitrogen and oxygen atoms in total. The fraction of sp³-hybridized carbons (Fsp3) is 1.00. The van der Waals surface area contributed by atoms with Crippen LogP contribution >= 0.6 is 0 Å². The zero-order valence-corrected chi connectivity index (χ0v) is 10.7. The summed E-state index contributed by atoms with van der Waals surface area (Å²) < 4.78 is 39.7. The van der Waals surface area contributed by atoms with Crippen LogP contribution in [0, 0.1) is 5.41 Å². The SMILES string of the molecule is CC(C)(C)C1OCC(O)C(O)C1OS(=O)(=O)O. The molecule has 4 unspecified atom stereocenters. The lowest BCUT2D eigenvalue weighted by molar-refractivity contribution is -0.203. The van der Waals surface area contributed by atoms with E-state index in [1.165, 1.54) is 0 Å². The highest BCUT2D eigenvalue weighted by atomic mass is 32.3. The fourth-order valence-electron chi connectivity index (χ4n) is 1.78. The maximum atomic E-state index is 10.7. The summed E-state index contributed by atoms with van der Waals surface area (Å²) in [6.45, 7) is 5.18. The van der Waals surface area contributed by atoms with Crippen LogP contribution < -0.4 is 0 Å². The molecular weight excluding hydrogens is 252 g/mol. The molecule has 4 atom stereocenters. The first-order chi connectivity index (χ1) is 7.52. The Kier molecular flexibility index (Phi) is 4.17. The van der Waals surface area contributed by atoms with E-state index in [0.29, 0.717) is 0 Å². The largest absolute Gasteiger partial charge is 0.397 e. The average Bonchev–Trinajstić information content (AvgIpc) is 2.08. The van der Waals surface area contributed by atoms with E-state index >= 15 is 0 Å². The first-order valence-electron chi connectivity index (χ1n) is 5.16. The van der Waals surface area contributed by atoms with Gasteiger partial charge in [0.1, 0.15) is 18.3 Å². The van der Waals surface area contributed by atoms with E-state index < -0.39 is 40.2 Å². The van der Waals surface area contributed by atoms with Crippen LogP contribution in [-0.2, 0) is 19.3 Å². The Morgan fingerprint density at radius 3 is 2.24 bits per heavy atom. The van der Waals surface area contributed by atoms with Crippen LogP contribution in [0.2, 0.25) is 0 Å². The van der Waals surface area contributed by atoms with Gasteiger partial charge in [-0.1, -0.05) is 20.8 Å². The van der Waals surface area contributed by atoms with Crippen molar-refractivity contribution in [2.75, 3.05) is 6.61 Å². The molecule has 0 spiro atoms. The maximum absolute atomic E-state index is 10.7. The van der Waals surface area contributed by atoms with Crippen molar-refractivity contribution in [3.8, 4) is 0 Å². The van der Waals surface area contributed by atoms with Crippen molar-refractivity contribution >= 4 is 10.4 Å². The van der Waals surface area contributed by atoms with E-state index in [0.717, 1.165) is 0 Å². The number of aliphatic hydroxyl groups is 2. The third-order valence-corrected chi connectivity index (χ3v) is 3.03. The van der Waals surface area contributed by atoms with E-state index in [2.05, 4.69) is 4.18 Å². The van der Waals surface area contributed by atoms with Crippen molar-refractivity contribution in [3.63, 3.8) is 0 Å². The van der Waals surface area contributed by atoms with Gasteiger partial charge in [0.25, 0.3) is 0 Å². The van der Waals surface area contributed by atoms with Gasteiger partial charge in [0.2, 0.25) is 0 Å². The summed E-state index contributed by atoms with van der Waals surface area (Å²) in [6, 6.07) is 0. The second-order valence-electron chi connectivity index (χ2n) is 5.17. The molecule has 1 aliphatic heterocycles. The molecule has 0 amide bonds. The minimum atomic E-state index is -4.72. The first-order valence-corrected chi connectivity index (χ1v) is 6.52. The summed E-state index contributed by atoms with van der Waals surface area (Å²) in [7, 11) is -4.72. The molecule has 0 aromatic heterocycles. The van der Waals surface area contributed by atoms with Crippen molar-refractivity contribution < 1.29 is 32.1 Å². The monoisotopic (exact) mass is 270 g/mol. The third kappa shape index (κ3) is 3.87. The minimum Gasteiger partial charge on any atom is -0.388 e. The summed E-state index contributed by atoms with van der Waals surface area (Å²) in [5, 5.41) is 19.1. The van der Waals surface area contributed by atoms with Gasteiger partial charge in [-0.15, -0.1) is 0 Å². The van der Waals surface area contributed by atoms with Crippen LogP contribution in [0.4, 0.5) is 0 Å². The van der Waals surface area contributed by atoms with Crippen LogP contribution in [0.5, 0.6) is 0 Å². The Morgan fingerprint density at radius 2 is 1.82 bits per heavy atom. The van der Waals surface area contributed by atoms with E-state index in [9.17, 15) is 18.6 Å². The molecule has 0 aliphatic carbocycles. The molecule has 1 aliphatic rings.